The molecule has 0 radical (unpaired) electrons. The van der Waals surface area contributed by atoms with Crippen molar-refractivity contribution in [2.45, 2.75) is 43.0 Å². The second kappa shape index (κ2) is 9.22. The molecule has 1 unspecified atom stereocenters. The van der Waals surface area contributed by atoms with E-state index in [9.17, 15) is 9.59 Å². The fourth-order valence-electron chi connectivity index (χ4n) is 2.81. The number of ether oxygens (including phenoxy) is 1. The number of nitrogens with two attached hydrogens (primary N) is 1. The van der Waals surface area contributed by atoms with Gasteiger partial charge in [-0.2, -0.15) is 11.8 Å². The van der Waals surface area contributed by atoms with Gasteiger partial charge in [-0.15, -0.1) is 0 Å². The van der Waals surface area contributed by atoms with Crippen molar-refractivity contribution in [3.63, 3.8) is 0 Å². The summed E-state index contributed by atoms with van der Waals surface area (Å²) in [6, 6.07) is 0.488. The van der Waals surface area contributed by atoms with E-state index in [1.807, 2.05) is 11.8 Å². The van der Waals surface area contributed by atoms with Crippen LogP contribution in [0.25, 0.3) is 0 Å². The number of urea groups is 1. The van der Waals surface area contributed by atoms with Crippen LogP contribution in [0.2, 0.25) is 0 Å². The average Bonchev–Trinajstić information content (AvgIpc) is 3.03. The lowest BCUT2D eigenvalue weighted by Crippen LogP contribution is -2.36. The zero-order valence-electron chi connectivity index (χ0n) is 12.8. The molecular weight excluding hydrogens is 304 g/mol. The molecule has 2 heterocycles. The maximum Gasteiger partial charge on any atom is 0.315 e. The van der Waals surface area contributed by atoms with E-state index in [0.29, 0.717) is 38.0 Å². The van der Waals surface area contributed by atoms with Crippen molar-refractivity contribution in [3.05, 3.63) is 0 Å². The Hall–Kier alpha value is -0.990. The Labute approximate surface area is 135 Å². The van der Waals surface area contributed by atoms with Gasteiger partial charge < -0.3 is 26.4 Å². The van der Waals surface area contributed by atoms with Crippen LogP contribution < -0.4 is 21.7 Å². The van der Waals surface area contributed by atoms with Crippen molar-refractivity contribution >= 4 is 23.7 Å². The predicted molar refractivity (Wildman–Crippen MR) is 86.8 cm³/mol. The fourth-order valence-corrected chi connectivity index (χ4v) is 4.35. The van der Waals surface area contributed by atoms with Crippen LogP contribution in [0.5, 0.6) is 0 Å². The maximum atomic E-state index is 11.6. The lowest BCUT2D eigenvalue weighted by atomic mass is 10.0. The second-order valence-corrected chi connectivity index (χ2v) is 6.89. The number of fused-ring (bicyclic) bond motifs is 1. The van der Waals surface area contributed by atoms with Gasteiger partial charge in [-0.05, 0) is 12.8 Å². The van der Waals surface area contributed by atoms with E-state index in [1.54, 1.807) is 0 Å². The number of amides is 3. The first-order valence-electron chi connectivity index (χ1n) is 7.94. The molecule has 2 saturated heterocycles. The van der Waals surface area contributed by atoms with Gasteiger partial charge in [-0.3, -0.25) is 4.79 Å². The largest absolute Gasteiger partial charge is 0.378 e. The molecule has 0 aromatic rings. The normalized spacial score (nSPS) is 26.4. The van der Waals surface area contributed by atoms with Gasteiger partial charge >= 0.3 is 6.03 Å². The van der Waals surface area contributed by atoms with Crippen molar-refractivity contribution < 1.29 is 14.3 Å². The molecule has 0 bridgehead atoms. The minimum atomic E-state index is -0.0449. The third kappa shape index (κ3) is 5.33. The molecular formula is C14H26N4O3S. The zero-order chi connectivity index (χ0) is 15.8. The van der Waals surface area contributed by atoms with E-state index < -0.39 is 0 Å². The quantitative estimate of drug-likeness (QED) is 0.328. The first-order valence-corrected chi connectivity index (χ1v) is 8.98. The van der Waals surface area contributed by atoms with Crippen LogP contribution in [-0.2, 0) is 9.53 Å². The summed E-state index contributed by atoms with van der Waals surface area (Å²) in [6.45, 7) is 2.09. The van der Waals surface area contributed by atoms with Crippen LogP contribution in [0, 0.1) is 0 Å². The number of rotatable bonds is 10. The third-order valence-corrected chi connectivity index (χ3v) is 5.42. The average molecular weight is 330 g/mol. The Morgan fingerprint density at radius 2 is 2.23 bits per heavy atom. The van der Waals surface area contributed by atoms with Gasteiger partial charge in [0.15, 0.2) is 0 Å². The lowest BCUT2D eigenvalue weighted by Gasteiger charge is -2.16. The van der Waals surface area contributed by atoms with E-state index in [1.165, 1.54) is 0 Å². The smallest absolute Gasteiger partial charge is 0.315 e. The van der Waals surface area contributed by atoms with Crippen LogP contribution in [-0.4, -0.2) is 61.3 Å². The second-order valence-electron chi connectivity index (χ2n) is 5.62. The highest BCUT2D eigenvalue weighted by Gasteiger charge is 2.42. The third-order valence-electron chi connectivity index (χ3n) is 3.91. The molecule has 22 heavy (non-hydrogen) atoms. The summed E-state index contributed by atoms with van der Waals surface area (Å²) >= 11 is 1.91. The van der Waals surface area contributed by atoms with E-state index >= 15 is 0 Å². The van der Waals surface area contributed by atoms with Gasteiger partial charge in [-0.1, -0.05) is 6.42 Å². The summed E-state index contributed by atoms with van der Waals surface area (Å²) in [6.07, 6.45) is 3.48. The van der Waals surface area contributed by atoms with Crippen molar-refractivity contribution in [2.24, 2.45) is 5.73 Å². The van der Waals surface area contributed by atoms with Crippen LogP contribution in [0.15, 0.2) is 0 Å². The number of thioether (sulfide) groups is 1. The molecule has 0 aromatic carbocycles. The van der Waals surface area contributed by atoms with Gasteiger partial charge in [-0.25, -0.2) is 4.79 Å². The molecule has 0 aliphatic carbocycles. The Morgan fingerprint density at radius 1 is 1.36 bits per heavy atom. The molecule has 5 N–H and O–H groups in total. The summed E-state index contributed by atoms with van der Waals surface area (Å²) in [7, 11) is 0. The van der Waals surface area contributed by atoms with Gasteiger partial charge in [0.2, 0.25) is 5.91 Å². The Kier molecular flexibility index (Phi) is 7.28. The number of hydrogen-bond donors (Lipinski definition) is 4. The molecule has 8 heteroatoms. The Morgan fingerprint density at radius 3 is 3.05 bits per heavy atom. The fraction of sp³-hybridized carbons (Fsp3) is 0.857. The molecule has 0 aromatic heterocycles. The highest BCUT2D eigenvalue weighted by molar-refractivity contribution is 8.00. The van der Waals surface area contributed by atoms with Crippen molar-refractivity contribution in [1.29, 1.82) is 0 Å². The molecule has 0 spiro atoms. The minimum Gasteiger partial charge on any atom is -0.378 e. The van der Waals surface area contributed by atoms with Crippen molar-refractivity contribution in [1.82, 2.24) is 16.0 Å². The van der Waals surface area contributed by atoms with E-state index in [4.69, 9.17) is 10.5 Å². The summed E-state index contributed by atoms with van der Waals surface area (Å²) < 4.78 is 5.19. The van der Waals surface area contributed by atoms with E-state index in [-0.39, 0.29) is 24.0 Å². The lowest BCUT2D eigenvalue weighted by molar-refractivity contribution is -0.121. The molecule has 126 valence electrons. The van der Waals surface area contributed by atoms with Crippen molar-refractivity contribution in [3.8, 4) is 0 Å². The van der Waals surface area contributed by atoms with Crippen LogP contribution in [0.1, 0.15) is 25.7 Å². The molecule has 3 atom stereocenters. The number of carbonyl (C=O) groups is 2. The highest BCUT2D eigenvalue weighted by Crippen LogP contribution is 2.33. The highest BCUT2D eigenvalue weighted by atomic mass is 32.2. The standard InChI is InChI=1S/C14H26N4O3S/c15-5-7-21-8-6-16-12(19)4-2-1-3-11-13-10(9-22-11)17-14(20)18-13/h10-11,13H,1-9,15H2,(H,16,19)(H2,17,18,20)/t10?,11-,13-/m0/s1. The van der Waals surface area contributed by atoms with Gasteiger partial charge in [0.05, 0.1) is 25.3 Å². The van der Waals surface area contributed by atoms with Crippen LogP contribution in [0.3, 0.4) is 0 Å². The SMILES string of the molecule is NCCOCCNC(=O)CCCC[C@@H]1SCC2NC(=O)N[C@@H]21. The molecule has 0 saturated carbocycles. The Bertz CT molecular complexity index is 383. The van der Waals surface area contributed by atoms with Crippen molar-refractivity contribution in [2.75, 3.05) is 32.1 Å². The molecule has 2 aliphatic heterocycles. The molecule has 2 aliphatic rings. The van der Waals surface area contributed by atoms with Crippen LogP contribution >= 0.6 is 11.8 Å². The summed E-state index contributed by atoms with van der Waals surface area (Å²) in [5.74, 6) is 1.06. The first-order chi connectivity index (χ1) is 10.7. The molecule has 3 amide bonds. The van der Waals surface area contributed by atoms with Gasteiger partial charge in [0.1, 0.15) is 0 Å². The number of unbranched alkanes of at least 4 members (excludes halogenated alkanes) is 1. The summed E-state index contributed by atoms with van der Waals surface area (Å²) in [4.78, 5) is 22.9. The summed E-state index contributed by atoms with van der Waals surface area (Å²) in [5, 5.41) is 9.23. The zero-order valence-corrected chi connectivity index (χ0v) is 13.6. The van der Waals surface area contributed by atoms with Crippen LogP contribution in [0.4, 0.5) is 4.79 Å². The maximum absolute atomic E-state index is 11.6. The molecule has 2 rings (SSSR count). The first kappa shape index (κ1) is 17.4. The van der Waals surface area contributed by atoms with Gasteiger partial charge in [0, 0.05) is 30.5 Å². The summed E-state index contributed by atoms with van der Waals surface area (Å²) in [5.41, 5.74) is 5.30. The van der Waals surface area contributed by atoms with E-state index in [0.717, 1.165) is 25.0 Å². The Balaban J connectivity index is 1.49. The number of carbonyl (C=O) groups excluding carboxylic acids is 2. The number of hydrogen-bond acceptors (Lipinski definition) is 5. The number of nitrogens with one attached hydrogen (secondary N) is 3. The monoisotopic (exact) mass is 330 g/mol. The molecule has 2 fully saturated rings. The molecule has 7 nitrogen and oxygen atoms in total. The minimum absolute atomic E-state index is 0.0449. The van der Waals surface area contributed by atoms with Gasteiger partial charge in [0.25, 0.3) is 0 Å². The topological polar surface area (TPSA) is 105 Å². The van der Waals surface area contributed by atoms with E-state index in [2.05, 4.69) is 16.0 Å². The predicted octanol–water partition coefficient (Wildman–Crippen LogP) is -0.196.